The Bertz CT molecular complexity index is 4490. The lowest BCUT2D eigenvalue weighted by atomic mass is 9.80. The number of benzene rings is 2. The van der Waals surface area contributed by atoms with Gasteiger partial charge in [0, 0.05) is 96.1 Å². The van der Waals surface area contributed by atoms with Crippen LogP contribution in [0.5, 0.6) is 11.5 Å². The Labute approximate surface area is 552 Å². The van der Waals surface area contributed by atoms with Crippen LogP contribution < -0.4 is 29.6 Å². The van der Waals surface area contributed by atoms with E-state index in [4.69, 9.17) is 23.9 Å². The number of hydrogen-bond donors (Lipinski definition) is 0. The van der Waals surface area contributed by atoms with Crippen molar-refractivity contribution in [3.05, 3.63) is 161 Å². The SMILES string of the molecule is CC1=NCc2ncc(-c3cncc(N4CCCC4=O)n3)cc21.COc1ccc(Cn2nc(C)c3cc(-c4cncc(N5CCCC5=O)n4)cnc32)cc1.COc1ccc(Cn2nc(C)c3cc(B4OC(C)(C)C(C)(C)O4)cnc32)cc1.O=C1CCCN1c1cncc(Br)n1. The maximum atomic E-state index is 12.1. The third-order valence-corrected chi connectivity index (χ3v) is 17.8. The van der Waals surface area contributed by atoms with E-state index in [1.165, 1.54) is 0 Å². The van der Waals surface area contributed by atoms with Gasteiger partial charge in [0.1, 0.15) is 16.1 Å². The smallest absolute Gasteiger partial charge is 0.496 e. The molecule has 10 aromatic rings. The predicted octanol–water partition coefficient (Wildman–Crippen LogP) is 9.83. The molecule has 13 heterocycles. The summed E-state index contributed by atoms with van der Waals surface area (Å²) in [6, 6.07) is 22.1. The van der Waals surface area contributed by atoms with Crippen LogP contribution >= 0.6 is 15.9 Å². The number of hydrogen-bond acceptors (Lipinski definition) is 19. The number of ether oxygens (including phenoxy) is 2. The minimum atomic E-state index is -0.425. The molecule has 15 rings (SSSR count). The van der Waals surface area contributed by atoms with Crippen molar-refractivity contribution in [3.63, 3.8) is 0 Å². The van der Waals surface area contributed by atoms with Gasteiger partial charge in [0.15, 0.2) is 28.7 Å². The Morgan fingerprint density at radius 2 is 0.989 bits per heavy atom. The Morgan fingerprint density at radius 3 is 1.46 bits per heavy atom. The molecule has 26 heteroatoms. The number of carbonyl (C=O) groups excluding carboxylic acids is 3. The minimum Gasteiger partial charge on any atom is -0.497 e. The summed E-state index contributed by atoms with van der Waals surface area (Å²) in [5.41, 5.74) is 12.2. The first-order valence-corrected chi connectivity index (χ1v) is 31.9. The summed E-state index contributed by atoms with van der Waals surface area (Å²) in [5, 5.41) is 11.4. The van der Waals surface area contributed by atoms with Crippen molar-refractivity contribution >= 4 is 91.5 Å². The quantitative estimate of drug-likeness (QED) is 0.103. The number of methoxy groups -OCH3 is 2. The van der Waals surface area contributed by atoms with E-state index < -0.39 is 7.12 Å². The number of amides is 3. The van der Waals surface area contributed by atoms with Crippen molar-refractivity contribution in [1.29, 1.82) is 0 Å². The van der Waals surface area contributed by atoms with E-state index in [0.29, 0.717) is 79.7 Å². The molecule has 0 spiro atoms. The number of rotatable bonds is 12. The highest BCUT2D eigenvalue weighted by molar-refractivity contribution is 9.10. The molecule has 0 unspecified atom stereocenters. The number of carbonyl (C=O) groups is 3. The maximum absolute atomic E-state index is 12.1. The zero-order valence-corrected chi connectivity index (χ0v) is 55.5. The highest BCUT2D eigenvalue weighted by Crippen LogP contribution is 2.37. The summed E-state index contributed by atoms with van der Waals surface area (Å²) in [6.07, 6.45) is 19.7. The molecule has 0 aliphatic carbocycles. The van der Waals surface area contributed by atoms with Gasteiger partial charge >= 0.3 is 7.12 Å². The maximum Gasteiger partial charge on any atom is 0.496 e. The topological polar surface area (TPSA) is 262 Å². The highest BCUT2D eigenvalue weighted by Gasteiger charge is 2.52. The van der Waals surface area contributed by atoms with Gasteiger partial charge in [-0.2, -0.15) is 10.2 Å². The van der Waals surface area contributed by atoms with Gasteiger partial charge in [-0.1, -0.05) is 24.3 Å². The fourth-order valence-electron chi connectivity index (χ4n) is 11.5. The van der Waals surface area contributed by atoms with Crippen molar-refractivity contribution in [1.82, 2.24) is 64.4 Å². The van der Waals surface area contributed by atoms with E-state index >= 15 is 0 Å². The van der Waals surface area contributed by atoms with Crippen LogP contribution in [0.4, 0.5) is 17.5 Å². The van der Waals surface area contributed by atoms with Gasteiger partial charge in [-0.15, -0.1) is 0 Å². The molecule has 480 valence electrons. The number of aromatic nitrogens is 13. The Balaban J connectivity index is 0.000000125. The summed E-state index contributed by atoms with van der Waals surface area (Å²) in [5.74, 6) is 3.85. The second-order valence-electron chi connectivity index (χ2n) is 24.3. The molecular formula is C68H71BBrN17O7. The molecule has 4 saturated heterocycles. The van der Waals surface area contributed by atoms with Crippen LogP contribution in [0.15, 0.2) is 132 Å². The fraction of sp³-hybridized carbons (Fsp3) is 0.338. The molecule has 0 radical (unpaired) electrons. The van der Waals surface area contributed by atoms with Crippen LogP contribution in [0.1, 0.15) is 107 Å². The monoisotopic (exact) mass is 1330 g/mol. The summed E-state index contributed by atoms with van der Waals surface area (Å²) in [6.45, 7) is 18.2. The number of aliphatic imine (C=N–C) groups is 1. The average Bonchev–Trinajstić information content (AvgIpc) is 1.62. The molecule has 4 fully saturated rings. The van der Waals surface area contributed by atoms with Crippen LogP contribution in [-0.2, 0) is 43.3 Å². The molecule has 24 nitrogen and oxygen atoms in total. The summed E-state index contributed by atoms with van der Waals surface area (Å²) >= 11 is 3.22. The molecule has 0 N–H and O–H groups in total. The minimum absolute atomic E-state index is 0.0932. The molecule has 5 aliphatic heterocycles. The van der Waals surface area contributed by atoms with E-state index in [1.54, 1.807) is 78.5 Å². The largest absolute Gasteiger partial charge is 0.497 e. The van der Waals surface area contributed by atoms with Gasteiger partial charge in [-0.3, -0.25) is 54.0 Å². The van der Waals surface area contributed by atoms with Crippen molar-refractivity contribution in [2.75, 3.05) is 48.6 Å². The number of halogens is 1. The standard InChI is InChI=1S/C23H22N6O2.C21H26BN3O3.C16H15N5O.C8H8BrN3O/c1-15-19-10-17(20-12-24-13-21(26-20)28-9-3-4-22(28)30)11-25-23(19)29(27-15)14-16-5-7-18(31-2)8-6-16;1-14-18-11-16(22-27-20(2,3)21(4,5)28-22)12-23-19(18)25(24-14)13-15-7-9-17(26-6)10-8-15;1-10-12-5-11(6-19-14(12)8-18-10)13-7-17-9-15(20-13)21-4-2-3-16(21)22;9-6-4-10-5-7(11-6)12-3-1-2-8(12)13/h5-8,10-13H,3-4,9,14H2,1-2H3;7-12H,13H2,1-6H3;5-7,9H,2-4,8H2,1H3;4-5H,1-3H2. The number of nitrogens with zero attached hydrogens (tertiary/aromatic N) is 17. The van der Waals surface area contributed by atoms with Gasteiger partial charge in [-0.25, -0.2) is 34.3 Å². The van der Waals surface area contributed by atoms with E-state index in [9.17, 15) is 14.4 Å². The zero-order chi connectivity index (χ0) is 65.8. The van der Waals surface area contributed by atoms with E-state index in [1.807, 2.05) is 97.0 Å². The van der Waals surface area contributed by atoms with Crippen LogP contribution in [0, 0.1) is 13.8 Å². The zero-order valence-electron chi connectivity index (χ0n) is 53.9. The summed E-state index contributed by atoms with van der Waals surface area (Å²) in [4.78, 5) is 84.4. The number of pyridine rings is 3. The Hall–Kier alpha value is -9.79. The second-order valence-corrected chi connectivity index (χ2v) is 25.1. The van der Waals surface area contributed by atoms with E-state index in [0.717, 1.165) is 121 Å². The Morgan fingerprint density at radius 1 is 0.543 bits per heavy atom. The second kappa shape index (κ2) is 27.4. The number of anilines is 3. The molecular weight excluding hydrogens is 1260 g/mol. The molecule has 94 heavy (non-hydrogen) atoms. The Kier molecular flexibility index (Phi) is 18.8. The van der Waals surface area contributed by atoms with Crippen LogP contribution in [0.2, 0.25) is 0 Å². The van der Waals surface area contributed by atoms with Crippen molar-refractivity contribution < 1.29 is 33.2 Å². The molecule has 0 bridgehead atoms. The average molecular weight is 1330 g/mol. The van der Waals surface area contributed by atoms with E-state index in [-0.39, 0.29) is 28.9 Å². The van der Waals surface area contributed by atoms with Gasteiger partial charge in [0.25, 0.3) is 0 Å². The van der Waals surface area contributed by atoms with Gasteiger partial charge in [-0.05, 0) is 137 Å². The van der Waals surface area contributed by atoms with Crippen LogP contribution in [0.3, 0.4) is 0 Å². The summed E-state index contributed by atoms with van der Waals surface area (Å²) in [7, 11) is 2.90. The van der Waals surface area contributed by atoms with Gasteiger partial charge in [0.05, 0.1) is 111 Å². The van der Waals surface area contributed by atoms with Crippen LogP contribution in [0.25, 0.3) is 44.6 Å². The van der Waals surface area contributed by atoms with Gasteiger partial charge < -0.3 is 18.8 Å². The normalized spacial score (nSPS) is 16.2. The first-order valence-electron chi connectivity index (χ1n) is 31.1. The number of aryl methyl sites for hydroxylation is 2. The molecule has 8 aromatic heterocycles. The first kappa shape index (κ1) is 64.3. The lowest BCUT2D eigenvalue weighted by Gasteiger charge is -2.32. The fourth-order valence-corrected chi connectivity index (χ4v) is 11.8. The van der Waals surface area contributed by atoms with Crippen molar-refractivity contribution in [2.24, 2.45) is 4.99 Å². The first-order chi connectivity index (χ1) is 45.3. The highest BCUT2D eigenvalue weighted by atomic mass is 79.9. The number of fused-ring (bicyclic) bond motifs is 3. The lowest BCUT2D eigenvalue weighted by molar-refractivity contribution is -0.117. The van der Waals surface area contributed by atoms with Crippen molar-refractivity contribution in [2.45, 2.75) is 118 Å². The van der Waals surface area contributed by atoms with Crippen molar-refractivity contribution in [3.8, 4) is 34.0 Å². The molecule has 0 saturated carbocycles. The molecule has 5 aliphatic rings. The molecule has 3 amide bonds. The van der Waals surface area contributed by atoms with Crippen LogP contribution in [-0.4, -0.2) is 140 Å². The lowest BCUT2D eigenvalue weighted by Crippen LogP contribution is -2.41. The molecule has 0 atom stereocenters. The third-order valence-electron chi connectivity index (χ3n) is 17.4. The molecule has 2 aromatic carbocycles. The van der Waals surface area contributed by atoms with E-state index in [2.05, 4.69) is 105 Å². The van der Waals surface area contributed by atoms with Gasteiger partial charge in [0.2, 0.25) is 17.7 Å². The summed E-state index contributed by atoms with van der Waals surface area (Å²) < 4.78 is 27.3. The third kappa shape index (κ3) is 13.9. The predicted molar refractivity (Wildman–Crippen MR) is 361 cm³/mol.